The number of hydrogen-bond acceptors (Lipinski definition) is 6. The molecule has 0 spiro atoms. The molecular formula is C16H16N2O6. The topological polar surface area (TPSA) is 111 Å². The van der Waals surface area contributed by atoms with E-state index >= 15 is 0 Å². The molecule has 1 aromatic rings. The van der Waals surface area contributed by atoms with E-state index in [-0.39, 0.29) is 25.7 Å². The van der Waals surface area contributed by atoms with E-state index in [9.17, 15) is 19.2 Å². The summed E-state index contributed by atoms with van der Waals surface area (Å²) in [7, 11) is 0. The van der Waals surface area contributed by atoms with E-state index < -0.39 is 23.9 Å². The number of benzene rings is 1. The molecule has 1 heterocycles. The van der Waals surface area contributed by atoms with E-state index in [0.29, 0.717) is 0 Å². The van der Waals surface area contributed by atoms with Gasteiger partial charge in [-0.1, -0.05) is 30.3 Å². The fraction of sp³-hybridized carbons (Fsp3) is 0.250. The Hall–Kier alpha value is -3.16. The number of ether oxygens (including phenoxy) is 2. The molecule has 0 radical (unpaired) electrons. The van der Waals surface area contributed by atoms with E-state index in [1.807, 2.05) is 18.2 Å². The van der Waals surface area contributed by atoms with Crippen LogP contribution in [0.4, 0.5) is 0 Å². The predicted octanol–water partition coefficient (Wildman–Crippen LogP) is -0.556. The molecule has 0 aliphatic carbocycles. The highest BCUT2D eigenvalue weighted by atomic mass is 16.5. The molecule has 0 bridgehead atoms. The first-order chi connectivity index (χ1) is 11.5. The van der Waals surface area contributed by atoms with E-state index in [4.69, 9.17) is 9.47 Å². The molecule has 126 valence electrons. The number of amides is 2. The van der Waals surface area contributed by atoms with Crippen LogP contribution in [-0.4, -0.2) is 42.9 Å². The second-order valence-electron chi connectivity index (χ2n) is 4.89. The monoisotopic (exact) mass is 332 g/mol. The molecule has 1 fully saturated rings. The third-order valence-corrected chi connectivity index (χ3v) is 3.05. The van der Waals surface area contributed by atoms with Gasteiger partial charge >= 0.3 is 11.9 Å². The van der Waals surface area contributed by atoms with Gasteiger partial charge in [0.15, 0.2) is 0 Å². The summed E-state index contributed by atoms with van der Waals surface area (Å²) < 4.78 is 9.75. The Morgan fingerprint density at radius 3 is 2.46 bits per heavy atom. The highest BCUT2D eigenvalue weighted by Gasteiger charge is 2.26. The zero-order chi connectivity index (χ0) is 17.4. The van der Waals surface area contributed by atoms with Crippen LogP contribution in [0.2, 0.25) is 0 Å². The smallest absolute Gasteiger partial charge is 0.331 e. The van der Waals surface area contributed by atoms with Crippen molar-refractivity contribution in [1.82, 2.24) is 10.6 Å². The zero-order valence-corrected chi connectivity index (χ0v) is 12.7. The Labute approximate surface area is 137 Å². The Balaban J connectivity index is 1.71. The van der Waals surface area contributed by atoms with Crippen molar-refractivity contribution in [1.29, 1.82) is 0 Å². The van der Waals surface area contributed by atoms with Gasteiger partial charge in [-0.3, -0.25) is 9.59 Å². The summed E-state index contributed by atoms with van der Waals surface area (Å²) in [6.07, 6.45) is 1.83. The maximum atomic E-state index is 11.5. The summed E-state index contributed by atoms with van der Waals surface area (Å²) in [5.74, 6) is -2.32. The average molecular weight is 332 g/mol. The van der Waals surface area contributed by atoms with Crippen molar-refractivity contribution in [2.24, 2.45) is 0 Å². The number of carbonyl (C=O) groups is 4. The minimum absolute atomic E-state index is 0.0906. The van der Waals surface area contributed by atoms with Crippen LogP contribution in [0, 0.1) is 0 Å². The van der Waals surface area contributed by atoms with Gasteiger partial charge in [-0.25, -0.2) is 9.59 Å². The van der Waals surface area contributed by atoms with Crippen molar-refractivity contribution in [2.45, 2.75) is 12.6 Å². The van der Waals surface area contributed by atoms with E-state index in [0.717, 1.165) is 17.7 Å². The van der Waals surface area contributed by atoms with Crippen LogP contribution in [0.1, 0.15) is 5.56 Å². The van der Waals surface area contributed by atoms with Gasteiger partial charge in [0.1, 0.15) is 19.3 Å². The number of piperazine rings is 1. The largest absolute Gasteiger partial charge is 0.460 e. The average Bonchev–Trinajstić information content (AvgIpc) is 2.59. The second-order valence-corrected chi connectivity index (χ2v) is 4.89. The lowest BCUT2D eigenvalue weighted by Crippen LogP contribution is -2.58. The van der Waals surface area contributed by atoms with Crippen molar-refractivity contribution in [3.8, 4) is 0 Å². The van der Waals surface area contributed by atoms with E-state index in [2.05, 4.69) is 10.6 Å². The van der Waals surface area contributed by atoms with Crippen molar-refractivity contribution >= 4 is 23.8 Å². The Bertz CT molecular complexity index is 656. The molecular weight excluding hydrogens is 316 g/mol. The molecule has 1 saturated heterocycles. The third kappa shape index (κ3) is 5.56. The first kappa shape index (κ1) is 17.2. The van der Waals surface area contributed by atoms with Crippen LogP contribution in [0.15, 0.2) is 42.5 Å². The highest BCUT2D eigenvalue weighted by molar-refractivity contribution is 5.95. The molecule has 0 aromatic heterocycles. The highest BCUT2D eigenvalue weighted by Crippen LogP contribution is 2.01. The summed E-state index contributed by atoms with van der Waals surface area (Å²) in [6.45, 7) is -0.330. The first-order valence-electron chi connectivity index (χ1n) is 7.17. The SMILES string of the molecule is O=C1CNC(=O)[C@H](COC(=O)/C=C/C(=O)OCc2ccccc2)N1. The molecule has 1 aliphatic rings. The minimum Gasteiger partial charge on any atom is -0.460 e. The standard InChI is InChI=1S/C16H16N2O6/c19-13-8-17-16(22)12(18-13)10-24-15(21)7-6-14(20)23-9-11-4-2-1-3-5-11/h1-7,12H,8-10H2,(H,17,22)(H,18,19)/b7-6+/t12-/m0/s1. The van der Waals surface area contributed by atoms with Gasteiger partial charge in [0.2, 0.25) is 11.8 Å². The van der Waals surface area contributed by atoms with Gasteiger partial charge in [0.05, 0.1) is 6.54 Å². The van der Waals surface area contributed by atoms with Crippen LogP contribution in [0.25, 0.3) is 0 Å². The maximum absolute atomic E-state index is 11.5. The van der Waals surface area contributed by atoms with Gasteiger partial charge in [-0.15, -0.1) is 0 Å². The van der Waals surface area contributed by atoms with Gasteiger partial charge < -0.3 is 20.1 Å². The van der Waals surface area contributed by atoms with Crippen LogP contribution >= 0.6 is 0 Å². The van der Waals surface area contributed by atoms with Gasteiger partial charge in [0.25, 0.3) is 0 Å². The maximum Gasteiger partial charge on any atom is 0.331 e. The number of carbonyl (C=O) groups excluding carboxylic acids is 4. The molecule has 0 saturated carbocycles. The lowest BCUT2D eigenvalue weighted by molar-refractivity contribution is -0.144. The molecule has 24 heavy (non-hydrogen) atoms. The normalized spacial score (nSPS) is 17.1. The van der Waals surface area contributed by atoms with Crippen LogP contribution in [0.5, 0.6) is 0 Å². The van der Waals surface area contributed by atoms with Crippen LogP contribution < -0.4 is 10.6 Å². The molecule has 1 aromatic carbocycles. The van der Waals surface area contributed by atoms with Crippen molar-refractivity contribution < 1.29 is 28.7 Å². The molecule has 2 rings (SSSR count). The summed E-state index contributed by atoms with van der Waals surface area (Å²) in [5.41, 5.74) is 0.820. The quantitative estimate of drug-likeness (QED) is 0.534. The molecule has 1 aliphatic heterocycles. The molecule has 2 N–H and O–H groups in total. The zero-order valence-electron chi connectivity index (χ0n) is 12.7. The third-order valence-electron chi connectivity index (χ3n) is 3.05. The molecule has 8 nitrogen and oxygen atoms in total. The second kappa shape index (κ2) is 8.47. The summed E-state index contributed by atoms with van der Waals surface area (Å²) in [5, 5.41) is 4.73. The number of hydrogen-bond donors (Lipinski definition) is 2. The van der Waals surface area contributed by atoms with E-state index in [1.165, 1.54) is 0 Å². The summed E-state index contributed by atoms with van der Waals surface area (Å²) in [6, 6.07) is 8.14. The lowest BCUT2D eigenvalue weighted by Gasteiger charge is -2.22. The predicted molar refractivity (Wildman–Crippen MR) is 81.3 cm³/mol. The van der Waals surface area contributed by atoms with Crippen LogP contribution in [-0.2, 0) is 35.3 Å². The van der Waals surface area contributed by atoms with Crippen molar-refractivity contribution in [2.75, 3.05) is 13.2 Å². The Kier molecular flexibility index (Phi) is 6.07. The fourth-order valence-corrected chi connectivity index (χ4v) is 1.85. The molecule has 8 heteroatoms. The van der Waals surface area contributed by atoms with E-state index in [1.54, 1.807) is 12.1 Å². The summed E-state index contributed by atoms with van der Waals surface area (Å²) >= 11 is 0. The number of esters is 2. The fourth-order valence-electron chi connectivity index (χ4n) is 1.85. The van der Waals surface area contributed by atoms with Crippen molar-refractivity contribution in [3.05, 3.63) is 48.0 Å². The first-order valence-corrected chi connectivity index (χ1v) is 7.17. The van der Waals surface area contributed by atoms with Gasteiger partial charge in [-0.2, -0.15) is 0 Å². The Morgan fingerprint density at radius 2 is 1.75 bits per heavy atom. The Morgan fingerprint density at radius 1 is 1.08 bits per heavy atom. The molecule has 1 atom stereocenters. The van der Waals surface area contributed by atoms with Crippen LogP contribution in [0.3, 0.4) is 0 Å². The molecule has 0 unspecified atom stereocenters. The minimum atomic E-state index is -0.936. The lowest BCUT2D eigenvalue weighted by atomic mass is 10.2. The van der Waals surface area contributed by atoms with Gasteiger partial charge in [0, 0.05) is 12.2 Å². The molecule has 2 amide bonds. The summed E-state index contributed by atoms with van der Waals surface area (Å²) in [4.78, 5) is 45.5. The number of nitrogens with one attached hydrogen (secondary N) is 2. The van der Waals surface area contributed by atoms with Gasteiger partial charge in [-0.05, 0) is 5.56 Å². The van der Waals surface area contributed by atoms with Crippen molar-refractivity contribution in [3.63, 3.8) is 0 Å². The number of rotatable bonds is 6.